The molecule has 1 aliphatic carbocycles. The lowest BCUT2D eigenvalue weighted by Gasteiger charge is -2.11. The molecule has 0 aromatic heterocycles. The molecule has 0 atom stereocenters. The minimum atomic E-state index is 0.0153. The summed E-state index contributed by atoms with van der Waals surface area (Å²) in [6, 6.07) is 10.1. The lowest BCUT2D eigenvalue weighted by molar-refractivity contribution is -0.120. The molecule has 0 aliphatic heterocycles. The maximum absolute atomic E-state index is 11.6. The third-order valence-electron chi connectivity index (χ3n) is 3.11. The molecule has 0 unspecified atom stereocenters. The Morgan fingerprint density at radius 3 is 2.63 bits per heavy atom. The van der Waals surface area contributed by atoms with E-state index >= 15 is 0 Å². The van der Waals surface area contributed by atoms with Crippen molar-refractivity contribution in [3.8, 4) is 0 Å². The van der Waals surface area contributed by atoms with Crippen molar-refractivity contribution in [1.29, 1.82) is 0 Å². The zero-order valence-corrected chi connectivity index (χ0v) is 11.9. The van der Waals surface area contributed by atoms with E-state index in [1.807, 2.05) is 18.2 Å². The molecule has 3 nitrogen and oxygen atoms in total. The predicted molar refractivity (Wildman–Crippen MR) is 80.4 cm³/mol. The first kappa shape index (κ1) is 14.1. The second kappa shape index (κ2) is 8.00. The van der Waals surface area contributed by atoms with Gasteiger partial charge in [0, 0.05) is 22.8 Å². The first-order chi connectivity index (χ1) is 9.34. The topological polar surface area (TPSA) is 41.5 Å². The highest BCUT2D eigenvalue weighted by Gasteiger charge is 2.07. The molecule has 0 bridgehead atoms. The van der Waals surface area contributed by atoms with Crippen LogP contribution in [-0.4, -0.2) is 17.4 Å². The summed E-state index contributed by atoms with van der Waals surface area (Å²) in [5.41, 5.74) is 3.82. The summed E-state index contributed by atoms with van der Waals surface area (Å²) >= 11 is 1.70. The van der Waals surface area contributed by atoms with E-state index in [9.17, 15) is 4.79 Å². The number of amides is 1. The van der Waals surface area contributed by atoms with Crippen molar-refractivity contribution in [2.24, 2.45) is 5.10 Å². The van der Waals surface area contributed by atoms with Gasteiger partial charge in [0.05, 0.1) is 0 Å². The lowest BCUT2D eigenvalue weighted by Crippen LogP contribution is -2.20. The molecule has 0 heterocycles. The number of benzene rings is 1. The smallest absolute Gasteiger partial charge is 0.240 e. The Balaban J connectivity index is 1.64. The maximum atomic E-state index is 11.6. The van der Waals surface area contributed by atoms with Crippen molar-refractivity contribution in [2.45, 2.75) is 43.4 Å². The van der Waals surface area contributed by atoms with Crippen molar-refractivity contribution in [3.05, 3.63) is 30.3 Å². The van der Waals surface area contributed by atoms with Gasteiger partial charge in [-0.25, -0.2) is 5.43 Å². The van der Waals surface area contributed by atoms with Crippen molar-refractivity contribution >= 4 is 23.4 Å². The summed E-state index contributed by atoms with van der Waals surface area (Å²) < 4.78 is 0. The molecule has 19 heavy (non-hydrogen) atoms. The summed E-state index contributed by atoms with van der Waals surface area (Å²) in [5, 5.41) is 4.22. The highest BCUT2D eigenvalue weighted by Crippen LogP contribution is 2.17. The molecule has 0 spiro atoms. The Morgan fingerprint density at radius 2 is 1.89 bits per heavy atom. The number of hydrogen-bond donors (Lipinski definition) is 1. The SMILES string of the molecule is O=C(CCSc1ccccc1)NN=C1CCCCC1. The van der Waals surface area contributed by atoms with E-state index in [2.05, 4.69) is 22.7 Å². The molecular formula is C15H20N2OS. The van der Waals surface area contributed by atoms with Gasteiger partial charge in [-0.05, 0) is 37.8 Å². The average molecular weight is 276 g/mol. The number of nitrogens with zero attached hydrogens (tertiary/aromatic N) is 1. The van der Waals surface area contributed by atoms with Crippen LogP contribution in [0.1, 0.15) is 38.5 Å². The highest BCUT2D eigenvalue weighted by molar-refractivity contribution is 7.99. The normalized spacial score (nSPS) is 15.1. The predicted octanol–water partition coefficient (Wildman–Crippen LogP) is 3.61. The maximum Gasteiger partial charge on any atom is 0.240 e. The molecule has 0 saturated heterocycles. The monoisotopic (exact) mass is 276 g/mol. The van der Waals surface area contributed by atoms with Crippen molar-refractivity contribution < 1.29 is 4.79 Å². The van der Waals surface area contributed by atoms with Crippen LogP contribution in [-0.2, 0) is 4.79 Å². The standard InChI is InChI=1S/C15H20N2OS/c18-15(17-16-13-7-3-1-4-8-13)11-12-19-14-9-5-2-6-10-14/h2,5-6,9-10H,1,3-4,7-8,11-12H2,(H,17,18). The Bertz CT molecular complexity index is 423. The number of hydrazone groups is 1. The lowest BCUT2D eigenvalue weighted by atomic mass is 9.99. The molecule has 1 aliphatic rings. The molecule has 1 N–H and O–H groups in total. The summed E-state index contributed by atoms with van der Waals surface area (Å²) in [5.74, 6) is 0.808. The van der Waals surface area contributed by atoms with Crippen LogP contribution in [0.4, 0.5) is 0 Å². The van der Waals surface area contributed by atoms with Crippen LogP contribution < -0.4 is 5.43 Å². The van der Waals surface area contributed by atoms with Gasteiger partial charge >= 0.3 is 0 Å². The summed E-state index contributed by atoms with van der Waals surface area (Å²) in [6.45, 7) is 0. The van der Waals surface area contributed by atoms with Gasteiger partial charge in [0.1, 0.15) is 0 Å². The summed E-state index contributed by atoms with van der Waals surface area (Å²) in [7, 11) is 0. The van der Waals surface area contributed by atoms with Crippen LogP contribution in [0, 0.1) is 0 Å². The van der Waals surface area contributed by atoms with Gasteiger partial charge in [-0.3, -0.25) is 4.79 Å². The summed E-state index contributed by atoms with van der Waals surface area (Å²) in [6.07, 6.45) is 6.30. The van der Waals surface area contributed by atoms with Crippen LogP contribution in [0.2, 0.25) is 0 Å². The quantitative estimate of drug-likeness (QED) is 0.659. The second-order valence-electron chi connectivity index (χ2n) is 4.69. The molecule has 2 rings (SSSR count). The highest BCUT2D eigenvalue weighted by atomic mass is 32.2. The van der Waals surface area contributed by atoms with Gasteiger partial charge < -0.3 is 0 Å². The van der Waals surface area contributed by atoms with Crippen molar-refractivity contribution in [1.82, 2.24) is 5.43 Å². The van der Waals surface area contributed by atoms with E-state index in [4.69, 9.17) is 0 Å². The van der Waals surface area contributed by atoms with E-state index in [-0.39, 0.29) is 5.91 Å². The van der Waals surface area contributed by atoms with Gasteiger partial charge in [-0.1, -0.05) is 24.6 Å². The Hall–Kier alpha value is -1.29. The van der Waals surface area contributed by atoms with Gasteiger partial charge in [0.15, 0.2) is 0 Å². The molecule has 1 fully saturated rings. The fourth-order valence-electron chi connectivity index (χ4n) is 2.05. The molecule has 1 saturated carbocycles. The second-order valence-corrected chi connectivity index (χ2v) is 5.85. The van der Waals surface area contributed by atoms with Crippen LogP contribution in [0.25, 0.3) is 0 Å². The van der Waals surface area contributed by atoms with E-state index in [0.29, 0.717) is 6.42 Å². The van der Waals surface area contributed by atoms with Gasteiger partial charge in [0.25, 0.3) is 0 Å². The Morgan fingerprint density at radius 1 is 1.16 bits per heavy atom. The molecule has 1 aromatic carbocycles. The Labute approximate surface area is 118 Å². The van der Waals surface area contributed by atoms with E-state index in [1.54, 1.807) is 11.8 Å². The largest absolute Gasteiger partial charge is 0.273 e. The van der Waals surface area contributed by atoms with Crippen molar-refractivity contribution in [3.63, 3.8) is 0 Å². The fourth-order valence-corrected chi connectivity index (χ4v) is 2.92. The molecule has 0 radical (unpaired) electrons. The fraction of sp³-hybridized carbons (Fsp3) is 0.467. The van der Waals surface area contributed by atoms with Gasteiger partial charge in [-0.2, -0.15) is 5.10 Å². The van der Waals surface area contributed by atoms with Crippen molar-refractivity contribution in [2.75, 3.05) is 5.75 Å². The average Bonchev–Trinajstić information content (AvgIpc) is 2.47. The number of hydrogen-bond acceptors (Lipinski definition) is 3. The van der Waals surface area contributed by atoms with Gasteiger partial charge in [0.2, 0.25) is 5.91 Å². The summed E-state index contributed by atoms with van der Waals surface area (Å²) in [4.78, 5) is 12.8. The number of nitrogens with one attached hydrogen (secondary N) is 1. The zero-order chi connectivity index (χ0) is 13.3. The minimum absolute atomic E-state index is 0.0153. The number of thioether (sulfide) groups is 1. The van der Waals surface area contributed by atoms with E-state index in [0.717, 1.165) is 24.3 Å². The van der Waals surface area contributed by atoms with E-state index in [1.165, 1.54) is 24.2 Å². The molecule has 4 heteroatoms. The minimum Gasteiger partial charge on any atom is -0.273 e. The van der Waals surface area contributed by atoms with E-state index < -0.39 is 0 Å². The third kappa shape index (κ3) is 5.47. The van der Waals surface area contributed by atoms with Crippen LogP contribution in [0.15, 0.2) is 40.3 Å². The molecule has 102 valence electrons. The first-order valence-electron chi connectivity index (χ1n) is 6.87. The Kier molecular flexibility index (Phi) is 5.95. The van der Waals surface area contributed by atoms with Crippen LogP contribution in [0.5, 0.6) is 0 Å². The first-order valence-corrected chi connectivity index (χ1v) is 7.85. The number of carbonyl (C=O) groups excluding carboxylic acids is 1. The zero-order valence-electron chi connectivity index (χ0n) is 11.1. The van der Waals surface area contributed by atoms with Gasteiger partial charge in [-0.15, -0.1) is 11.8 Å². The van der Waals surface area contributed by atoms with Crippen LogP contribution >= 0.6 is 11.8 Å². The van der Waals surface area contributed by atoms with Crippen LogP contribution in [0.3, 0.4) is 0 Å². The number of carbonyl (C=O) groups is 1. The molecule has 1 aromatic rings. The molecular weight excluding hydrogens is 256 g/mol. The third-order valence-corrected chi connectivity index (χ3v) is 4.12. The molecule has 1 amide bonds. The number of rotatable bonds is 5.